The van der Waals surface area contributed by atoms with Gasteiger partial charge >= 0.3 is 0 Å². The van der Waals surface area contributed by atoms with Crippen LogP contribution in [-0.4, -0.2) is 14.2 Å². The summed E-state index contributed by atoms with van der Waals surface area (Å²) in [6.07, 6.45) is 0. The summed E-state index contributed by atoms with van der Waals surface area (Å²) >= 11 is 0. The van der Waals surface area contributed by atoms with E-state index in [1.54, 1.807) is 7.11 Å². The monoisotopic (exact) mass is 243 g/mol. The molecule has 0 radical (unpaired) electrons. The van der Waals surface area contributed by atoms with E-state index in [1.807, 2.05) is 13.1 Å². The zero-order valence-electron chi connectivity index (χ0n) is 11.5. The minimum atomic E-state index is 0.400. The first kappa shape index (κ1) is 12.9. The van der Waals surface area contributed by atoms with Gasteiger partial charge in [0.1, 0.15) is 5.75 Å². The van der Waals surface area contributed by atoms with Gasteiger partial charge in [0.2, 0.25) is 0 Å². The second-order valence-electron chi connectivity index (χ2n) is 4.98. The van der Waals surface area contributed by atoms with Crippen molar-refractivity contribution in [1.29, 1.82) is 0 Å². The Morgan fingerprint density at radius 2 is 1.67 bits per heavy atom. The molecule has 0 aromatic heterocycles. The number of rotatable bonds is 4. The number of fused-ring (bicyclic) bond motifs is 1. The van der Waals surface area contributed by atoms with E-state index in [0.717, 1.165) is 5.75 Å². The van der Waals surface area contributed by atoms with Crippen LogP contribution in [0.3, 0.4) is 0 Å². The van der Waals surface area contributed by atoms with Gasteiger partial charge < -0.3 is 10.1 Å². The van der Waals surface area contributed by atoms with Gasteiger partial charge in [0, 0.05) is 6.04 Å². The van der Waals surface area contributed by atoms with E-state index in [-0.39, 0.29) is 0 Å². The number of hydrogen-bond acceptors (Lipinski definition) is 2. The Kier molecular flexibility index (Phi) is 3.87. The summed E-state index contributed by atoms with van der Waals surface area (Å²) in [4.78, 5) is 0. The first-order valence-corrected chi connectivity index (χ1v) is 6.40. The third-order valence-electron chi connectivity index (χ3n) is 3.41. The van der Waals surface area contributed by atoms with Gasteiger partial charge in [0.25, 0.3) is 0 Å². The molecule has 0 bridgehead atoms. The van der Waals surface area contributed by atoms with Gasteiger partial charge in [-0.2, -0.15) is 0 Å². The molecular formula is C16H21NO. The minimum Gasteiger partial charge on any atom is -0.497 e. The van der Waals surface area contributed by atoms with E-state index >= 15 is 0 Å². The van der Waals surface area contributed by atoms with Crippen molar-refractivity contribution < 1.29 is 4.74 Å². The average molecular weight is 243 g/mol. The molecule has 2 heteroatoms. The van der Waals surface area contributed by atoms with Crippen LogP contribution >= 0.6 is 0 Å². The Morgan fingerprint density at radius 3 is 2.28 bits per heavy atom. The molecule has 0 aliphatic heterocycles. The molecule has 2 nitrogen and oxygen atoms in total. The summed E-state index contributed by atoms with van der Waals surface area (Å²) < 4.78 is 5.25. The topological polar surface area (TPSA) is 21.3 Å². The molecule has 2 rings (SSSR count). The third kappa shape index (κ3) is 2.49. The molecule has 0 amide bonds. The lowest BCUT2D eigenvalue weighted by atomic mass is 9.94. The Labute approximate surface area is 109 Å². The van der Waals surface area contributed by atoms with Crippen LogP contribution < -0.4 is 10.1 Å². The molecule has 0 fully saturated rings. The summed E-state index contributed by atoms with van der Waals surface area (Å²) in [5.41, 5.74) is 1.34. The quantitative estimate of drug-likeness (QED) is 0.882. The van der Waals surface area contributed by atoms with Crippen molar-refractivity contribution in [3.63, 3.8) is 0 Å². The highest BCUT2D eigenvalue weighted by molar-refractivity contribution is 5.84. The van der Waals surface area contributed by atoms with Crippen molar-refractivity contribution in [2.75, 3.05) is 14.2 Å². The fourth-order valence-corrected chi connectivity index (χ4v) is 2.45. The van der Waals surface area contributed by atoms with Crippen molar-refractivity contribution in [1.82, 2.24) is 5.32 Å². The highest BCUT2D eigenvalue weighted by Gasteiger charge is 2.13. The lowest BCUT2D eigenvalue weighted by Crippen LogP contribution is -2.21. The Balaban J connectivity index is 2.44. The number of nitrogens with one attached hydrogen (secondary N) is 1. The van der Waals surface area contributed by atoms with Gasteiger partial charge in [-0.15, -0.1) is 0 Å². The summed E-state index contributed by atoms with van der Waals surface area (Å²) in [6, 6.07) is 13.2. The van der Waals surface area contributed by atoms with Crippen LogP contribution in [0.25, 0.3) is 10.8 Å². The molecule has 1 unspecified atom stereocenters. The van der Waals surface area contributed by atoms with Crippen molar-refractivity contribution in [2.24, 2.45) is 5.92 Å². The molecule has 1 N–H and O–H groups in total. The lowest BCUT2D eigenvalue weighted by Gasteiger charge is -2.21. The number of hydrogen-bond donors (Lipinski definition) is 1. The van der Waals surface area contributed by atoms with Gasteiger partial charge in [-0.05, 0) is 47.5 Å². The lowest BCUT2D eigenvalue weighted by molar-refractivity contribution is 0.415. The maximum atomic E-state index is 5.25. The normalized spacial score (nSPS) is 12.9. The highest BCUT2D eigenvalue weighted by atomic mass is 16.5. The Hall–Kier alpha value is -1.54. The second-order valence-corrected chi connectivity index (χ2v) is 4.98. The molecule has 0 aliphatic rings. The van der Waals surface area contributed by atoms with Crippen LogP contribution in [0.2, 0.25) is 0 Å². The summed E-state index contributed by atoms with van der Waals surface area (Å²) in [7, 11) is 3.72. The molecule has 0 saturated carbocycles. The summed E-state index contributed by atoms with van der Waals surface area (Å²) in [5.74, 6) is 1.48. The summed E-state index contributed by atoms with van der Waals surface area (Å²) in [5, 5.41) is 5.86. The van der Waals surface area contributed by atoms with E-state index < -0.39 is 0 Å². The number of ether oxygens (including phenoxy) is 1. The number of methoxy groups -OCH3 is 1. The van der Waals surface area contributed by atoms with Gasteiger partial charge in [0.15, 0.2) is 0 Å². The van der Waals surface area contributed by atoms with Crippen LogP contribution in [0.4, 0.5) is 0 Å². The van der Waals surface area contributed by atoms with Crippen LogP contribution in [0.1, 0.15) is 25.5 Å². The maximum Gasteiger partial charge on any atom is 0.119 e. The van der Waals surface area contributed by atoms with Gasteiger partial charge in [-0.25, -0.2) is 0 Å². The minimum absolute atomic E-state index is 0.400. The van der Waals surface area contributed by atoms with E-state index in [0.29, 0.717) is 12.0 Å². The van der Waals surface area contributed by atoms with Crippen LogP contribution in [-0.2, 0) is 0 Å². The van der Waals surface area contributed by atoms with Crippen molar-refractivity contribution in [3.05, 3.63) is 42.0 Å². The molecule has 0 spiro atoms. The van der Waals surface area contributed by atoms with Crippen LogP contribution in [0.5, 0.6) is 5.75 Å². The fourth-order valence-electron chi connectivity index (χ4n) is 2.45. The van der Waals surface area contributed by atoms with E-state index in [4.69, 9.17) is 4.74 Å². The van der Waals surface area contributed by atoms with Gasteiger partial charge in [0.05, 0.1) is 7.11 Å². The molecule has 0 saturated heterocycles. The van der Waals surface area contributed by atoms with Gasteiger partial charge in [-0.3, -0.25) is 0 Å². The molecule has 96 valence electrons. The Bertz CT molecular complexity index is 534. The predicted octanol–water partition coefficient (Wildman–Crippen LogP) is 3.76. The van der Waals surface area contributed by atoms with Crippen molar-refractivity contribution in [3.8, 4) is 5.75 Å². The largest absolute Gasteiger partial charge is 0.497 e. The standard InChI is InChI=1S/C16H21NO/c1-11(2)16(17-3)14-6-5-13-10-15(18-4)8-7-12(13)9-14/h5-11,16-17H,1-4H3. The van der Waals surface area contributed by atoms with E-state index in [9.17, 15) is 0 Å². The van der Waals surface area contributed by atoms with Crippen LogP contribution in [0, 0.1) is 5.92 Å². The smallest absolute Gasteiger partial charge is 0.119 e. The first-order valence-electron chi connectivity index (χ1n) is 6.40. The fraction of sp³-hybridized carbons (Fsp3) is 0.375. The molecule has 2 aromatic rings. The molecule has 2 aromatic carbocycles. The Morgan fingerprint density at radius 1 is 1.00 bits per heavy atom. The van der Waals surface area contributed by atoms with E-state index in [2.05, 4.69) is 49.5 Å². The first-order chi connectivity index (χ1) is 8.65. The molecule has 18 heavy (non-hydrogen) atoms. The molecular weight excluding hydrogens is 222 g/mol. The highest BCUT2D eigenvalue weighted by Crippen LogP contribution is 2.27. The van der Waals surface area contributed by atoms with Crippen molar-refractivity contribution >= 4 is 10.8 Å². The molecule has 0 heterocycles. The summed E-state index contributed by atoms with van der Waals surface area (Å²) in [6.45, 7) is 4.47. The zero-order valence-corrected chi connectivity index (χ0v) is 11.5. The number of benzene rings is 2. The maximum absolute atomic E-state index is 5.25. The van der Waals surface area contributed by atoms with Gasteiger partial charge in [-0.1, -0.05) is 32.0 Å². The van der Waals surface area contributed by atoms with Crippen LogP contribution in [0.15, 0.2) is 36.4 Å². The van der Waals surface area contributed by atoms with Crippen molar-refractivity contribution in [2.45, 2.75) is 19.9 Å². The van der Waals surface area contributed by atoms with E-state index in [1.165, 1.54) is 16.3 Å². The molecule has 0 aliphatic carbocycles. The predicted molar refractivity (Wildman–Crippen MR) is 77.1 cm³/mol. The second kappa shape index (κ2) is 5.40. The zero-order chi connectivity index (χ0) is 13.1. The molecule has 1 atom stereocenters. The third-order valence-corrected chi connectivity index (χ3v) is 3.41. The average Bonchev–Trinajstić information content (AvgIpc) is 2.38. The SMILES string of the molecule is CNC(c1ccc2cc(OC)ccc2c1)C(C)C.